The van der Waals surface area contributed by atoms with Crippen LogP contribution in [0.3, 0.4) is 0 Å². The van der Waals surface area contributed by atoms with E-state index in [0.29, 0.717) is 39.8 Å². The number of anilines is 2. The Morgan fingerprint density at radius 1 is 1.11 bits per heavy atom. The highest BCUT2D eigenvalue weighted by atomic mass is 35.5. The molecule has 1 unspecified atom stereocenters. The predicted molar refractivity (Wildman–Crippen MR) is 137 cm³/mol. The minimum atomic E-state index is -0.712. The van der Waals surface area contributed by atoms with Crippen LogP contribution < -0.4 is 16.0 Å². The van der Waals surface area contributed by atoms with Crippen molar-refractivity contribution in [2.75, 3.05) is 23.8 Å². The summed E-state index contributed by atoms with van der Waals surface area (Å²) in [5.74, 6) is -0.295. The lowest BCUT2D eigenvalue weighted by molar-refractivity contribution is -0.140. The first-order valence-corrected chi connectivity index (χ1v) is 12.0. The molecule has 4 amide bonds. The van der Waals surface area contributed by atoms with Crippen LogP contribution in [-0.2, 0) is 9.53 Å². The van der Waals surface area contributed by atoms with Crippen molar-refractivity contribution < 1.29 is 19.1 Å². The summed E-state index contributed by atoms with van der Waals surface area (Å²) in [6, 6.07) is 12.3. The molecule has 0 spiro atoms. The first kappa shape index (κ1) is 26.1. The van der Waals surface area contributed by atoms with Gasteiger partial charge in [-0.2, -0.15) is 0 Å². The van der Waals surface area contributed by atoms with E-state index in [2.05, 4.69) is 16.0 Å². The van der Waals surface area contributed by atoms with E-state index < -0.39 is 18.0 Å². The van der Waals surface area contributed by atoms with Gasteiger partial charge in [0.1, 0.15) is 0 Å². The molecule has 1 aliphatic rings. The van der Waals surface area contributed by atoms with Crippen molar-refractivity contribution in [1.29, 1.82) is 0 Å². The number of benzene rings is 2. The third kappa shape index (κ3) is 6.76. The molecule has 35 heavy (non-hydrogen) atoms. The summed E-state index contributed by atoms with van der Waals surface area (Å²) >= 11 is 5.89. The van der Waals surface area contributed by atoms with E-state index in [1.54, 1.807) is 60.4 Å². The van der Waals surface area contributed by atoms with E-state index in [1.807, 2.05) is 20.8 Å². The number of amides is 4. The van der Waals surface area contributed by atoms with Crippen molar-refractivity contribution in [3.05, 3.63) is 70.4 Å². The quantitative estimate of drug-likeness (QED) is 0.392. The van der Waals surface area contributed by atoms with Crippen LogP contribution in [0.4, 0.5) is 21.0 Å². The zero-order chi connectivity index (χ0) is 25.5. The van der Waals surface area contributed by atoms with Crippen LogP contribution in [0.2, 0.25) is 5.02 Å². The molecule has 0 saturated carbocycles. The summed E-state index contributed by atoms with van der Waals surface area (Å²) in [5, 5.41) is 9.02. The molecular weight excluding hydrogens is 468 g/mol. The predicted octanol–water partition coefficient (Wildman–Crippen LogP) is 5.93. The number of carbonyl (C=O) groups excluding carboxylic acids is 3. The first-order chi connectivity index (χ1) is 16.7. The van der Waals surface area contributed by atoms with Gasteiger partial charge in [0.05, 0.1) is 18.2 Å². The molecule has 0 fully saturated rings. The monoisotopic (exact) mass is 498 g/mol. The van der Waals surface area contributed by atoms with E-state index in [0.717, 1.165) is 6.42 Å². The first-order valence-electron chi connectivity index (χ1n) is 11.6. The van der Waals surface area contributed by atoms with Crippen molar-refractivity contribution in [3.8, 4) is 0 Å². The van der Waals surface area contributed by atoms with E-state index in [1.165, 1.54) is 0 Å². The Hall–Kier alpha value is -3.52. The van der Waals surface area contributed by atoms with Gasteiger partial charge in [0.2, 0.25) is 0 Å². The number of esters is 1. The molecule has 1 atom stereocenters. The molecule has 1 aliphatic heterocycles. The van der Waals surface area contributed by atoms with Crippen LogP contribution in [0.25, 0.3) is 0 Å². The number of hydrogen-bond donors (Lipinski definition) is 3. The van der Waals surface area contributed by atoms with Gasteiger partial charge in [-0.25, -0.2) is 14.4 Å². The van der Waals surface area contributed by atoms with Crippen molar-refractivity contribution in [2.24, 2.45) is 5.92 Å². The minimum Gasteiger partial charge on any atom is -0.462 e. The van der Waals surface area contributed by atoms with Gasteiger partial charge in [0.15, 0.2) is 0 Å². The molecule has 3 N–H and O–H groups in total. The average Bonchev–Trinajstić information content (AvgIpc) is 2.81. The van der Waals surface area contributed by atoms with Gasteiger partial charge < -0.3 is 20.7 Å². The fourth-order valence-corrected chi connectivity index (χ4v) is 3.86. The molecule has 0 aliphatic carbocycles. The summed E-state index contributed by atoms with van der Waals surface area (Å²) in [6.45, 7) is 8.40. The fraction of sp³-hybridized carbons (Fsp3) is 0.346. The highest BCUT2D eigenvalue weighted by Gasteiger charge is 2.36. The zero-order valence-electron chi connectivity index (χ0n) is 20.4. The highest BCUT2D eigenvalue weighted by molar-refractivity contribution is 6.30. The molecule has 1 heterocycles. The molecule has 0 radical (unpaired) electrons. The number of nitrogens with one attached hydrogen (secondary N) is 3. The van der Waals surface area contributed by atoms with Crippen molar-refractivity contribution in [2.45, 2.75) is 40.2 Å². The third-order valence-electron chi connectivity index (χ3n) is 5.39. The molecule has 8 nitrogen and oxygen atoms in total. The number of rotatable bonds is 8. The molecule has 0 saturated heterocycles. The minimum absolute atomic E-state index is 0.176. The zero-order valence-corrected chi connectivity index (χ0v) is 21.1. The van der Waals surface area contributed by atoms with Gasteiger partial charge in [-0.15, -0.1) is 0 Å². The maximum atomic E-state index is 13.1. The molecular formula is C26H31ClN4O4. The summed E-state index contributed by atoms with van der Waals surface area (Å²) < 4.78 is 5.53. The third-order valence-corrected chi connectivity index (χ3v) is 5.64. The Morgan fingerprint density at radius 2 is 1.80 bits per heavy atom. The number of halogens is 1. The Bertz CT molecular complexity index is 1110. The lowest BCUT2D eigenvalue weighted by atomic mass is 9.94. The second-order valence-electron chi connectivity index (χ2n) is 8.74. The SMILES string of the molecule is CCCN1C(=O)NC(c2cccc(NC(=O)Nc3ccc(Cl)cc3)c2)C(C(=O)OCC(C)C)=C1C. The number of urea groups is 2. The smallest absolute Gasteiger partial charge is 0.338 e. The van der Waals surface area contributed by atoms with Crippen LogP contribution in [0.5, 0.6) is 0 Å². The Balaban J connectivity index is 1.86. The summed E-state index contributed by atoms with van der Waals surface area (Å²) in [6.07, 6.45) is 0.742. The summed E-state index contributed by atoms with van der Waals surface area (Å²) in [5.41, 5.74) is 2.68. The summed E-state index contributed by atoms with van der Waals surface area (Å²) in [7, 11) is 0. The maximum absolute atomic E-state index is 13.1. The number of ether oxygens (including phenoxy) is 1. The molecule has 0 aromatic heterocycles. The van der Waals surface area contributed by atoms with E-state index >= 15 is 0 Å². The largest absolute Gasteiger partial charge is 0.462 e. The van der Waals surface area contributed by atoms with Crippen LogP contribution >= 0.6 is 11.6 Å². The van der Waals surface area contributed by atoms with Gasteiger partial charge >= 0.3 is 18.0 Å². The Morgan fingerprint density at radius 3 is 2.46 bits per heavy atom. The van der Waals surface area contributed by atoms with E-state index in [-0.39, 0.29) is 18.6 Å². The van der Waals surface area contributed by atoms with Gasteiger partial charge in [0.25, 0.3) is 0 Å². The lowest BCUT2D eigenvalue weighted by Gasteiger charge is -2.35. The number of hydrogen-bond acceptors (Lipinski definition) is 4. The Kier molecular flexibility index (Phi) is 8.76. The van der Waals surface area contributed by atoms with Gasteiger partial charge in [-0.3, -0.25) is 4.90 Å². The highest BCUT2D eigenvalue weighted by Crippen LogP contribution is 2.32. The topological polar surface area (TPSA) is 99.8 Å². The van der Waals surface area contributed by atoms with Crippen molar-refractivity contribution >= 4 is 41.0 Å². The normalized spacial score (nSPS) is 15.7. The van der Waals surface area contributed by atoms with Gasteiger partial charge in [-0.1, -0.05) is 44.5 Å². The molecule has 2 aromatic rings. The molecule has 186 valence electrons. The molecule has 0 bridgehead atoms. The molecule has 2 aromatic carbocycles. The van der Waals surface area contributed by atoms with Gasteiger partial charge in [0, 0.05) is 28.6 Å². The van der Waals surface area contributed by atoms with Crippen LogP contribution in [0.15, 0.2) is 59.8 Å². The molecule has 9 heteroatoms. The maximum Gasteiger partial charge on any atom is 0.338 e. The van der Waals surface area contributed by atoms with Crippen molar-refractivity contribution in [3.63, 3.8) is 0 Å². The second-order valence-corrected chi connectivity index (χ2v) is 9.17. The molecule has 3 rings (SSSR count). The van der Waals surface area contributed by atoms with Crippen LogP contribution in [0, 0.1) is 5.92 Å². The van der Waals surface area contributed by atoms with Crippen LogP contribution in [0.1, 0.15) is 45.7 Å². The fourth-order valence-electron chi connectivity index (χ4n) is 3.73. The standard InChI is InChI=1S/C26H31ClN4O4/c1-5-13-31-17(4)22(24(32)35-15-16(2)3)23(30-26(31)34)18-7-6-8-21(14-18)29-25(33)28-20-11-9-19(27)10-12-20/h6-12,14,16,23H,5,13,15H2,1-4H3,(H,30,34)(H2,28,29,33). The van der Waals surface area contributed by atoms with E-state index in [4.69, 9.17) is 16.3 Å². The van der Waals surface area contributed by atoms with E-state index in [9.17, 15) is 14.4 Å². The lowest BCUT2D eigenvalue weighted by Crippen LogP contribution is -2.48. The van der Waals surface area contributed by atoms with Crippen LogP contribution in [-0.4, -0.2) is 36.1 Å². The number of allylic oxidation sites excluding steroid dienone is 1. The average molecular weight is 499 g/mol. The number of carbonyl (C=O) groups is 3. The summed E-state index contributed by atoms with van der Waals surface area (Å²) in [4.78, 5) is 40.0. The number of nitrogens with zero attached hydrogens (tertiary/aromatic N) is 1. The Labute approximate surface area is 210 Å². The second kappa shape index (κ2) is 11.8. The van der Waals surface area contributed by atoms with Crippen molar-refractivity contribution in [1.82, 2.24) is 10.2 Å². The van der Waals surface area contributed by atoms with Gasteiger partial charge in [-0.05, 0) is 61.2 Å².